The van der Waals surface area contributed by atoms with Crippen molar-refractivity contribution in [3.63, 3.8) is 0 Å². The molecule has 0 aliphatic heterocycles. The van der Waals surface area contributed by atoms with Gasteiger partial charge in [-0.1, -0.05) is 306 Å². The van der Waals surface area contributed by atoms with E-state index in [0.717, 1.165) is 109 Å². The monoisotopic (exact) mass is 1420 g/mol. The summed E-state index contributed by atoms with van der Waals surface area (Å²) < 4.78 is 68.5. The minimum absolute atomic E-state index is 0.0807. The average molecular weight is 1430 g/mol. The number of ether oxygens (including phenoxy) is 4. The topological polar surface area (TPSA) is 237 Å². The molecule has 3 N–H and O–H groups in total. The zero-order valence-corrected chi connectivity index (χ0v) is 64.0. The second-order valence-electron chi connectivity index (χ2n) is 26.3. The molecule has 0 bridgehead atoms. The first-order chi connectivity index (χ1) is 47.7. The van der Waals surface area contributed by atoms with Crippen LogP contribution >= 0.6 is 15.6 Å². The fourth-order valence-corrected chi connectivity index (χ4v) is 12.3. The Morgan fingerprint density at radius 2 is 0.541 bits per heavy atom. The molecule has 0 saturated heterocycles. The molecule has 0 rings (SSSR count). The molecule has 0 amide bonds. The van der Waals surface area contributed by atoms with Crippen LogP contribution in [0.1, 0.15) is 349 Å². The molecule has 19 heteroatoms. The zero-order valence-electron chi connectivity index (χ0n) is 62.2. The SMILES string of the molecule is CCCCC/C=C\C/C=C\C/C=C\C/C=C\CCCC(=O)OC[C@H](COP(=O)(O)OC[C@@H](O)COP(=O)(O)OC[C@@H](COC(=O)CCCCCCCCCCCCCCC)OC(=O)CCCCCCC/C=C\C=C/CCCCCC)OC(=O)CCCCCCCCCCCCCCC. The molecule has 0 aliphatic carbocycles. The van der Waals surface area contributed by atoms with E-state index in [1.807, 2.05) is 12.2 Å². The lowest BCUT2D eigenvalue weighted by Gasteiger charge is -2.21. The van der Waals surface area contributed by atoms with E-state index in [1.54, 1.807) is 0 Å². The van der Waals surface area contributed by atoms with Crippen LogP contribution in [0.15, 0.2) is 72.9 Å². The number of aliphatic hydroxyl groups is 1. The van der Waals surface area contributed by atoms with Crippen LogP contribution in [0.5, 0.6) is 0 Å². The van der Waals surface area contributed by atoms with E-state index in [-0.39, 0.29) is 25.7 Å². The summed E-state index contributed by atoms with van der Waals surface area (Å²) in [5.41, 5.74) is 0. The van der Waals surface area contributed by atoms with Gasteiger partial charge in [-0.3, -0.25) is 37.3 Å². The molecule has 0 heterocycles. The number of hydrogen-bond acceptors (Lipinski definition) is 15. The van der Waals surface area contributed by atoms with Crippen LogP contribution in [0.2, 0.25) is 0 Å². The largest absolute Gasteiger partial charge is 0.472 e. The van der Waals surface area contributed by atoms with Crippen molar-refractivity contribution >= 4 is 39.5 Å². The van der Waals surface area contributed by atoms with Gasteiger partial charge < -0.3 is 33.8 Å². The van der Waals surface area contributed by atoms with E-state index < -0.39 is 97.5 Å². The van der Waals surface area contributed by atoms with Gasteiger partial charge in [0.15, 0.2) is 12.2 Å². The third kappa shape index (κ3) is 70.9. The summed E-state index contributed by atoms with van der Waals surface area (Å²) in [6.07, 6.45) is 71.7. The van der Waals surface area contributed by atoms with Gasteiger partial charge in [0, 0.05) is 25.7 Å². The standard InChI is InChI=1S/C79H142O17P2/c1-5-9-13-17-21-25-29-33-35-36-38-41-44-48-52-56-60-64-77(82)90-70-74(95-78(83)65-61-57-53-49-45-40-32-28-24-20-16-12-8-4)71-93-97(85,86)91-67-73(80)68-92-98(87,88)94-72-75(69-89-76(81)63-59-55-51-47-43-39-31-27-23-19-15-11-7-3)96-79(84)66-62-58-54-50-46-42-37-34-30-26-22-18-14-10-6-2/h21,25-26,30,33-35,37-38,41,48,52,73-75,80H,5-20,22-24,27-29,31-32,36,39-40,42-47,49-51,53-72H2,1-4H3,(H,85,86)(H,87,88)/b25-21-,30-26-,35-33-,37-34-,41-38-,52-48-/t73-,74-,75-/m1/s1. The Hall–Kier alpha value is -3.50. The predicted octanol–water partition coefficient (Wildman–Crippen LogP) is 22.4. The van der Waals surface area contributed by atoms with E-state index in [4.69, 9.17) is 37.0 Å². The van der Waals surface area contributed by atoms with Crippen LogP contribution in [-0.2, 0) is 65.4 Å². The molecule has 0 aromatic carbocycles. The van der Waals surface area contributed by atoms with Crippen LogP contribution in [0, 0.1) is 0 Å². The highest BCUT2D eigenvalue weighted by Gasteiger charge is 2.30. The molecule has 17 nitrogen and oxygen atoms in total. The Morgan fingerprint density at radius 3 is 0.898 bits per heavy atom. The molecule has 0 aromatic rings. The molecular formula is C79H142O17P2. The number of hydrogen-bond donors (Lipinski definition) is 3. The summed E-state index contributed by atoms with van der Waals surface area (Å²) in [7, 11) is -9.95. The molecule has 98 heavy (non-hydrogen) atoms. The molecular weight excluding hydrogens is 1280 g/mol. The molecule has 0 aliphatic rings. The van der Waals surface area contributed by atoms with Crippen LogP contribution in [0.3, 0.4) is 0 Å². The van der Waals surface area contributed by atoms with Crippen molar-refractivity contribution in [1.29, 1.82) is 0 Å². The van der Waals surface area contributed by atoms with Crippen LogP contribution < -0.4 is 0 Å². The fourth-order valence-electron chi connectivity index (χ4n) is 10.7. The van der Waals surface area contributed by atoms with Gasteiger partial charge in [0.2, 0.25) is 0 Å². The Morgan fingerprint density at radius 1 is 0.296 bits per heavy atom. The smallest absolute Gasteiger partial charge is 0.462 e. The van der Waals surface area contributed by atoms with E-state index in [9.17, 15) is 43.2 Å². The molecule has 0 fully saturated rings. The Balaban J connectivity index is 5.37. The summed E-state index contributed by atoms with van der Waals surface area (Å²) in [4.78, 5) is 72.8. The molecule has 0 radical (unpaired) electrons. The Bertz CT molecular complexity index is 2140. The highest BCUT2D eigenvalue weighted by molar-refractivity contribution is 7.47. The van der Waals surface area contributed by atoms with Crippen LogP contribution in [0.4, 0.5) is 0 Å². The lowest BCUT2D eigenvalue weighted by Crippen LogP contribution is -2.30. The highest BCUT2D eigenvalue weighted by Crippen LogP contribution is 2.45. The minimum atomic E-state index is -4.98. The molecule has 0 aromatic heterocycles. The van der Waals surface area contributed by atoms with Gasteiger partial charge in [0.05, 0.1) is 26.4 Å². The lowest BCUT2D eigenvalue weighted by molar-refractivity contribution is -0.161. The summed E-state index contributed by atoms with van der Waals surface area (Å²) in [5.74, 6) is -2.23. The van der Waals surface area contributed by atoms with Gasteiger partial charge >= 0.3 is 39.5 Å². The Labute approximate surface area is 596 Å². The summed E-state index contributed by atoms with van der Waals surface area (Å²) in [5, 5.41) is 10.6. The summed E-state index contributed by atoms with van der Waals surface area (Å²) in [6, 6.07) is 0. The number of aliphatic hydroxyl groups excluding tert-OH is 1. The van der Waals surface area contributed by atoms with E-state index in [1.165, 1.54) is 154 Å². The second kappa shape index (κ2) is 71.9. The van der Waals surface area contributed by atoms with Crippen molar-refractivity contribution in [2.45, 2.75) is 367 Å². The van der Waals surface area contributed by atoms with Crippen molar-refractivity contribution < 1.29 is 80.2 Å². The molecule has 5 atom stereocenters. The number of esters is 4. The third-order valence-electron chi connectivity index (χ3n) is 16.7. The third-order valence-corrected chi connectivity index (χ3v) is 18.6. The van der Waals surface area contributed by atoms with Crippen molar-refractivity contribution in [3.8, 4) is 0 Å². The first kappa shape index (κ1) is 94.5. The van der Waals surface area contributed by atoms with Gasteiger partial charge in [-0.05, 0) is 89.9 Å². The normalized spacial score (nSPS) is 14.3. The van der Waals surface area contributed by atoms with E-state index in [0.29, 0.717) is 32.1 Å². The average Bonchev–Trinajstić information content (AvgIpc) is 0.962. The number of unbranched alkanes of at least 4 members (excludes halogenated alkanes) is 37. The van der Waals surface area contributed by atoms with Gasteiger partial charge in [-0.2, -0.15) is 0 Å². The van der Waals surface area contributed by atoms with Crippen molar-refractivity contribution in [2.75, 3.05) is 39.6 Å². The maximum Gasteiger partial charge on any atom is 0.472 e. The van der Waals surface area contributed by atoms with Crippen molar-refractivity contribution in [3.05, 3.63) is 72.9 Å². The summed E-state index contributed by atoms with van der Waals surface area (Å²) in [6.45, 7) is 4.80. The van der Waals surface area contributed by atoms with E-state index >= 15 is 0 Å². The van der Waals surface area contributed by atoms with Gasteiger partial charge in [-0.25, -0.2) is 9.13 Å². The highest BCUT2D eigenvalue weighted by atomic mass is 31.2. The number of carbonyl (C=O) groups excluding carboxylic acids is 4. The van der Waals surface area contributed by atoms with Crippen LogP contribution in [-0.4, -0.2) is 96.7 Å². The molecule has 570 valence electrons. The molecule has 0 saturated carbocycles. The van der Waals surface area contributed by atoms with E-state index in [2.05, 4.69) is 88.5 Å². The van der Waals surface area contributed by atoms with Crippen molar-refractivity contribution in [1.82, 2.24) is 0 Å². The van der Waals surface area contributed by atoms with Gasteiger partial charge in [0.25, 0.3) is 0 Å². The maximum absolute atomic E-state index is 13.1. The second-order valence-corrected chi connectivity index (χ2v) is 29.2. The van der Waals surface area contributed by atoms with Crippen LogP contribution in [0.25, 0.3) is 0 Å². The number of carbonyl (C=O) groups is 4. The quantitative estimate of drug-likeness (QED) is 0.0128. The van der Waals surface area contributed by atoms with Crippen molar-refractivity contribution in [2.24, 2.45) is 0 Å². The maximum atomic E-state index is 13.1. The number of rotatable bonds is 74. The Kier molecular flexibility index (Phi) is 69.3. The van der Waals surface area contributed by atoms with Gasteiger partial charge in [-0.15, -0.1) is 0 Å². The molecule has 2 unspecified atom stereocenters. The van der Waals surface area contributed by atoms with Gasteiger partial charge in [0.1, 0.15) is 19.3 Å². The first-order valence-corrected chi connectivity index (χ1v) is 42.2. The lowest BCUT2D eigenvalue weighted by atomic mass is 10.0. The zero-order chi connectivity index (χ0) is 71.8. The number of phosphoric ester groups is 2. The predicted molar refractivity (Wildman–Crippen MR) is 400 cm³/mol. The fraction of sp³-hybridized carbons (Fsp3) is 0.797. The minimum Gasteiger partial charge on any atom is -0.462 e. The summed E-state index contributed by atoms with van der Waals surface area (Å²) >= 11 is 0. The molecule has 0 spiro atoms. The number of allylic oxidation sites excluding steroid dienone is 12. The number of phosphoric acid groups is 2. The first-order valence-electron chi connectivity index (χ1n) is 39.2.